The first-order valence-electron chi connectivity index (χ1n) is 7.62. The van der Waals surface area contributed by atoms with Crippen LogP contribution in [-0.2, 0) is 14.6 Å². The van der Waals surface area contributed by atoms with Crippen LogP contribution >= 0.6 is 0 Å². The zero-order valence-corrected chi connectivity index (χ0v) is 14.6. The van der Waals surface area contributed by atoms with Crippen LogP contribution in [0.3, 0.4) is 0 Å². The number of ether oxygens (including phenoxy) is 1. The van der Waals surface area contributed by atoms with Gasteiger partial charge in [-0.05, 0) is 27.2 Å². The molecule has 1 unspecified atom stereocenters. The molecule has 2 aromatic heterocycles. The Morgan fingerprint density at radius 1 is 1.33 bits per heavy atom. The third-order valence-electron chi connectivity index (χ3n) is 4.04. The number of fused-ring (bicyclic) bond motifs is 1. The van der Waals surface area contributed by atoms with Crippen LogP contribution in [0.1, 0.15) is 23.6 Å². The normalized spacial score (nSPS) is 19.5. The maximum atomic E-state index is 12.0. The van der Waals surface area contributed by atoms with Crippen molar-refractivity contribution in [1.29, 1.82) is 0 Å². The van der Waals surface area contributed by atoms with Gasteiger partial charge in [-0.3, -0.25) is 4.79 Å². The molecular weight excluding hydrogens is 334 g/mol. The van der Waals surface area contributed by atoms with Crippen LogP contribution in [0.15, 0.2) is 4.42 Å². The summed E-state index contributed by atoms with van der Waals surface area (Å²) in [7, 11) is -3.03. The van der Waals surface area contributed by atoms with Crippen LogP contribution in [0.4, 0.5) is 0 Å². The lowest BCUT2D eigenvalue weighted by Gasteiger charge is -2.11. The number of aryl methyl sites for hydroxylation is 3. The lowest BCUT2D eigenvalue weighted by Crippen LogP contribution is -2.38. The van der Waals surface area contributed by atoms with E-state index in [0.717, 1.165) is 11.3 Å². The summed E-state index contributed by atoms with van der Waals surface area (Å²) in [6.45, 7) is 5.16. The Bertz CT molecular complexity index is 903. The molecule has 3 rings (SSSR count). The SMILES string of the molecule is Cc1nc(OCC(=O)NC2CCS(=O)(=O)C2)c2c(C)c(C)oc2n1. The highest BCUT2D eigenvalue weighted by atomic mass is 32.2. The first kappa shape index (κ1) is 16.7. The Labute approximate surface area is 139 Å². The van der Waals surface area contributed by atoms with E-state index in [1.165, 1.54) is 0 Å². The van der Waals surface area contributed by atoms with Crippen molar-refractivity contribution in [1.82, 2.24) is 15.3 Å². The van der Waals surface area contributed by atoms with Crippen molar-refractivity contribution in [2.24, 2.45) is 0 Å². The highest BCUT2D eigenvalue weighted by Gasteiger charge is 2.29. The fourth-order valence-electron chi connectivity index (χ4n) is 2.73. The number of hydrogen-bond donors (Lipinski definition) is 1. The van der Waals surface area contributed by atoms with Crippen molar-refractivity contribution in [2.45, 2.75) is 33.2 Å². The monoisotopic (exact) mass is 353 g/mol. The quantitative estimate of drug-likeness (QED) is 0.866. The molecule has 0 radical (unpaired) electrons. The number of amides is 1. The number of furan rings is 1. The summed E-state index contributed by atoms with van der Waals surface area (Å²) in [5, 5.41) is 3.32. The molecule has 0 bridgehead atoms. The Morgan fingerprint density at radius 3 is 2.75 bits per heavy atom. The first-order chi connectivity index (χ1) is 11.2. The van der Waals surface area contributed by atoms with Gasteiger partial charge in [-0.2, -0.15) is 9.97 Å². The van der Waals surface area contributed by atoms with Gasteiger partial charge in [-0.1, -0.05) is 0 Å². The summed E-state index contributed by atoms with van der Waals surface area (Å²) in [5.41, 5.74) is 1.29. The predicted molar refractivity (Wildman–Crippen MR) is 86.7 cm³/mol. The number of aromatic nitrogens is 2. The van der Waals surface area contributed by atoms with Gasteiger partial charge < -0.3 is 14.5 Å². The molecule has 2 aromatic rings. The maximum absolute atomic E-state index is 12.0. The smallest absolute Gasteiger partial charge is 0.258 e. The van der Waals surface area contributed by atoms with Gasteiger partial charge in [-0.15, -0.1) is 0 Å². The second kappa shape index (κ2) is 6.04. The molecule has 0 saturated carbocycles. The minimum atomic E-state index is -3.03. The number of carbonyl (C=O) groups excluding carboxylic acids is 1. The Morgan fingerprint density at radius 2 is 2.08 bits per heavy atom. The average molecular weight is 353 g/mol. The van der Waals surface area contributed by atoms with Crippen molar-refractivity contribution < 1.29 is 22.4 Å². The molecular formula is C15H19N3O5S. The van der Waals surface area contributed by atoms with Crippen molar-refractivity contribution in [3.8, 4) is 5.88 Å². The van der Waals surface area contributed by atoms with E-state index in [1.807, 2.05) is 13.8 Å². The van der Waals surface area contributed by atoms with Gasteiger partial charge in [0.25, 0.3) is 5.91 Å². The molecule has 1 amide bonds. The molecule has 0 aliphatic carbocycles. The number of carbonyl (C=O) groups is 1. The summed E-state index contributed by atoms with van der Waals surface area (Å²) in [5.74, 6) is 1.21. The van der Waals surface area contributed by atoms with Crippen molar-refractivity contribution >= 4 is 26.8 Å². The Hall–Kier alpha value is -2.16. The third-order valence-corrected chi connectivity index (χ3v) is 5.81. The van der Waals surface area contributed by atoms with E-state index in [1.54, 1.807) is 6.92 Å². The molecule has 1 aliphatic heterocycles. The lowest BCUT2D eigenvalue weighted by molar-refractivity contribution is -0.123. The van der Waals surface area contributed by atoms with Crippen LogP contribution in [0.2, 0.25) is 0 Å². The van der Waals surface area contributed by atoms with Crippen molar-refractivity contribution in [2.75, 3.05) is 18.1 Å². The fraction of sp³-hybridized carbons (Fsp3) is 0.533. The van der Waals surface area contributed by atoms with Gasteiger partial charge in [0.05, 0.1) is 11.5 Å². The molecule has 1 N–H and O–H groups in total. The Balaban J connectivity index is 1.70. The van der Waals surface area contributed by atoms with Gasteiger partial charge in [0.2, 0.25) is 11.6 Å². The molecule has 9 heteroatoms. The van der Waals surface area contributed by atoms with E-state index in [2.05, 4.69) is 15.3 Å². The lowest BCUT2D eigenvalue weighted by atomic mass is 10.2. The van der Waals surface area contributed by atoms with Crippen LogP contribution in [0.25, 0.3) is 11.1 Å². The highest BCUT2D eigenvalue weighted by molar-refractivity contribution is 7.91. The van der Waals surface area contributed by atoms with Gasteiger partial charge in [0.1, 0.15) is 17.0 Å². The van der Waals surface area contributed by atoms with E-state index in [4.69, 9.17) is 9.15 Å². The second-order valence-corrected chi connectivity index (χ2v) is 8.22. The van der Waals surface area contributed by atoms with Gasteiger partial charge in [0.15, 0.2) is 16.4 Å². The maximum Gasteiger partial charge on any atom is 0.258 e. The molecule has 130 valence electrons. The average Bonchev–Trinajstić information content (AvgIpc) is 2.96. The summed E-state index contributed by atoms with van der Waals surface area (Å²) in [6.07, 6.45) is 0.435. The topological polar surface area (TPSA) is 111 Å². The number of rotatable bonds is 4. The minimum absolute atomic E-state index is 0.0182. The first-order valence-corrected chi connectivity index (χ1v) is 9.44. The van der Waals surface area contributed by atoms with Crippen molar-refractivity contribution in [3.05, 3.63) is 17.1 Å². The molecule has 1 fully saturated rings. The van der Waals surface area contributed by atoms with E-state index in [-0.39, 0.29) is 30.1 Å². The van der Waals surface area contributed by atoms with Crippen LogP contribution in [0, 0.1) is 20.8 Å². The van der Waals surface area contributed by atoms with Crippen LogP contribution in [0.5, 0.6) is 5.88 Å². The minimum Gasteiger partial charge on any atom is -0.467 e. The number of hydrogen-bond acceptors (Lipinski definition) is 7. The largest absolute Gasteiger partial charge is 0.467 e. The van der Waals surface area contributed by atoms with Crippen molar-refractivity contribution in [3.63, 3.8) is 0 Å². The van der Waals surface area contributed by atoms with Gasteiger partial charge >= 0.3 is 0 Å². The standard InChI is InChI=1S/C15H19N3O5S/c1-8-9(2)23-15-13(8)14(16-10(3)17-15)22-6-12(19)18-11-4-5-24(20,21)7-11/h11H,4-7H2,1-3H3,(H,18,19). The fourth-order valence-corrected chi connectivity index (χ4v) is 4.40. The predicted octanol–water partition coefficient (Wildman–Crippen LogP) is 0.830. The third kappa shape index (κ3) is 3.35. The molecule has 0 spiro atoms. The molecule has 3 heterocycles. The number of nitrogens with one attached hydrogen (secondary N) is 1. The summed E-state index contributed by atoms with van der Waals surface area (Å²) >= 11 is 0. The second-order valence-electron chi connectivity index (χ2n) is 6.00. The zero-order chi connectivity index (χ0) is 17.5. The molecule has 1 atom stereocenters. The molecule has 0 aromatic carbocycles. The van der Waals surface area contributed by atoms with Crippen LogP contribution < -0.4 is 10.1 Å². The zero-order valence-electron chi connectivity index (χ0n) is 13.7. The van der Waals surface area contributed by atoms with E-state index >= 15 is 0 Å². The summed E-state index contributed by atoms with van der Waals surface area (Å²) in [4.78, 5) is 20.4. The van der Waals surface area contributed by atoms with Crippen LogP contribution in [-0.4, -0.2) is 48.4 Å². The van der Waals surface area contributed by atoms with E-state index in [9.17, 15) is 13.2 Å². The number of sulfone groups is 1. The molecule has 24 heavy (non-hydrogen) atoms. The van der Waals surface area contributed by atoms with Gasteiger partial charge in [-0.25, -0.2) is 8.42 Å². The van der Waals surface area contributed by atoms with Gasteiger partial charge in [0, 0.05) is 11.6 Å². The summed E-state index contributed by atoms with van der Waals surface area (Å²) in [6, 6.07) is -0.351. The van der Waals surface area contributed by atoms with E-state index < -0.39 is 9.84 Å². The number of nitrogens with zero attached hydrogens (tertiary/aromatic N) is 2. The Kier molecular flexibility index (Phi) is 4.20. The highest BCUT2D eigenvalue weighted by Crippen LogP contribution is 2.30. The molecule has 1 saturated heterocycles. The molecule has 8 nitrogen and oxygen atoms in total. The molecule has 1 aliphatic rings. The van der Waals surface area contributed by atoms with E-state index in [0.29, 0.717) is 29.2 Å². The summed E-state index contributed by atoms with van der Waals surface area (Å²) < 4.78 is 33.9.